The first kappa shape index (κ1) is 17.4. The normalized spacial score (nSPS) is 10.0. The molecule has 0 rings (SSSR count). The molecule has 0 aliphatic carbocycles. The van der Waals surface area contributed by atoms with Crippen LogP contribution in [0.5, 0.6) is 0 Å². The van der Waals surface area contributed by atoms with Gasteiger partial charge in [-0.15, -0.1) is 0 Å². The number of Topliss-reactive ketones (excluding diaryl/α,β-unsaturated/α-hetero) is 2. The number of aliphatic hydroxyl groups is 2. The summed E-state index contributed by atoms with van der Waals surface area (Å²) in [6.45, 7) is -0.185. The predicted octanol–water partition coefficient (Wildman–Crippen LogP) is -0.480. The highest BCUT2D eigenvalue weighted by Crippen LogP contribution is 2.00. The monoisotopic (exact) mass is 274 g/mol. The molecule has 0 unspecified atom stereocenters. The van der Waals surface area contributed by atoms with Crippen LogP contribution >= 0.6 is 0 Å². The van der Waals surface area contributed by atoms with Crippen LogP contribution in [-0.4, -0.2) is 46.9 Å². The number of hydrogen-bond donors (Lipinski definition) is 2. The maximum atomic E-state index is 11.2. The number of ether oxygens (including phenoxy) is 1. The van der Waals surface area contributed by atoms with Crippen LogP contribution in [0.3, 0.4) is 0 Å². The lowest BCUT2D eigenvalue weighted by molar-refractivity contribution is -0.167. The number of carbonyl (C=O) groups excluding carboxylic acids is 4. The van der Waals surface area contributed by atoms with Crippen LogP contribution in [0.15, 0.2) is 0 Å². The third kappa shape index (κ3) is 8.17. The van der Waals surface area contributed by atoms with Gasteiger partial charge < -0.3 is 14.9 Å². The summed E-state index contributed by atoms with van der Waals surface area (Å²) >= 11 is 0. The molecule has 19 heavy (non-hydrogen) atoms. The fourth-order valence-corrected chi connectivity index (χ4v) is 1.20. The maximum absolute atomic E-state index is 11.2. The van der Waals surface area contributed by atoms with E-state index in [1.807, 2.05) is 0 Å². The highest BCUT2D eigenvalue weighted by molar-refractivity contribution is 6.42. The molecule has 0 atom stereocenters. The quantitative estimate of drug-likeness (QED) is 0.239. The van der Waals surface area contributed by atoms with Gasteiger partial charge in [-0.1, -0.05) is 0 Å². The summed E-state index contributed by atoms with van der Waals surface area (Å²) in [5.41, 5.74) is 0. The lowest BCUT2D eigenvalue weighted by Crippen LogP contribution is -2.26. The van der Waals surface area contributed by atoms with Gasteiger partial charge in [-0.3, -0.25) is 9.59 Å². The van der Waals surface area contributed by atoms with Crippen molar-refractivity contribution in [1.82, 2.24) is 0 Å². The molecule has 0 aromatic heterocycles. The molecule has 0 saturated carbocycles. The van der Waals surface area contributed by atoms with Gasteiger partial charge in [-0.05, 0) is 25.7 Å². The van der Waals surface area contributed by atoms with Crippen LogP contribution in [-0.2, 0) is 23.9 Å². The van der Waals surface area contributed by atoms with Gasteiger partial charge in [0.25, 0.3) is 0 Å². The molecular weight excluding hydrogens is 256 g/mol. The van der Waals surface area contributed by atoms with Crippen molar-refractivity contribution in [3.8, 4) is 0 Å². The van der Waals surface area contributed by atoms with Crippen LogP contribution in [0.4, 0.5) is 0 Å². The number of ketones is 2. The van der Waals surface area contributed by atoms with E-state index in [4.69, 9.17) is 10.2 Å². The molecule has 0 fully saturated rings. The Balaban J connectivity index is 4.00. The van der Waals surface area contributed by atoms with Crippen LogP contribution in [0.1, 0.15) is 38.5 Å². The van der Waals surface area contributed by atoms with E-state index in [9.17, 15) is 19.2 Å². The fourth-order valence-electron chi connectivity index (χ4n) is 1.20. The number of rotatable bonds is 10. The lowest BCUT2D eigenvalue weighted by Gasteiger charge is -2.01. The van der Waals surface area contributed by atoms with Crippen LogP contribution in [0.2, 0.25) is 0 Å². The largest absolute Gasteiger partial charge is 0.396 e. The van der Waals surface area contributed by atoms with Crippen molar-refractivity contribution < 1.29 is 34.1 Å². The highest BCUT2D eigenvalue weighted by atomic mass is 16.6. The molecule has 0 heterocycles. The van der Waals surface area contributed by atoms with E-state index in [1.165, 1.54) is 0 Å². The minimum atomic E-state index is -1.35. The predicted molar refractivity (Wildman–Crippen MR) is 63.0 cm³/mol. The molecular formula is C12H18O7. The van der Waals surface area contributed by atoms with Gasteiger partial charge in [0.15, 0.2) is 0 Å². The van der Waals surface area contributed by atoms with Crippen molar-refractivity contribution in [2.75, 3.05) is 13.2 Å². The van der Waals surface area contributed by atoms with Crippen LogP contribution in [0, 0.1) is 0 Å². The Morgan fingerprint density at radius 3 is 1.37 bits per heavy atom. The van der Waals surface area contributed by atoms with Crippen molar-refractivity contribution in [3.63, 3.8) is 0 Å². The van der Waals surface area contributed by atoms with Crippen LogP contribution < -0.4 is 0 Å². The molecule has 0 aliphatic rings. The molecule has 0 aliphatic heterocycles. The van der Waals surface area contributed by atoms with Crippen molar-refractivity contribution in [2.24, 2.45) is 0 Å². The number of hydrogen-bond acceptors (Lipinski definition) is 7. The summed E-state index contributed by atoms with van der Waals surface area (Å²) in [7, 11) is 0. The van der Waals surface area contributed by atoms with Crippen molar-refractivity contribution in [2.45, 2.75) is 38.5 Å². The highest BCUT2D eigenvalue weighted by Gasteiger charge is 2.23. The van der Waals surface area contributed by atoms with Crippen molar-refractivity contribution in [1.29, 1.82) is 0 Å². The summed E-state index contributed by atoms with van der Waals surface area (Å²) in [6, 6.07) is 0. The molecule has 108 valence electrons. The average molecular weight is 274 g/mol. The first-order chi connectivity index (χ1) is 9.02. The molecule has 2 N–H and O–H groups in total. The summed E-state index contributed by atoms with van der Waals surface area (Å²) in [6.07, 6.45) is 1.09. The third-order valence-corrected chi connectivity index (χ3v) is 2.26. The van der Waals surface area contributed by atoms with Gasteiger partial charge in [-0.2, -0.15) is 0 Å². The topological polar surface area (TPSA) is 118 Å². The lowest BCUT2D eigenvalue weighted by atomic mass is 10.2. The molecule has 0 radical (unpaired) electrons. The zero-order chi connectivity index (χ0) is 14.7. The van der Waals surface area contributed by atoms with E-state index in [0.29, 0.717) is 25.7 Å². The van der Waals surface area contributed by atoms with E-state index >= 15 is 0 Å². The zero-order valence-electron chi connectivity index (χ0n) is 10.6. The Kier molecular flexibility index (Phi) is 9.46. The summed E-state index contributed by atoms with van der Waals surface area (Å²) < 4.78 is 4.13. The van der Waals surface area contributed by atoms with E-state index in [0.717, 1.165) is 0 Å². The van der Waals surface area contributed by atoms with Crippen LogP contribution in [0.25, 0.3) is 0 Å². The molecule has 0 amide bonds. The molecule has 0 aromatic rings. The Bertz CT molecular complexity index is 303. The number of unbranched alkanes of at least 4 members (excludes halogenated alkanes) is 2. The minimum absolute atomic E-state index is 0.0927. The Morgan fingerprint density at radius 1 is 0.684 bits per heavy atom. The maximum Gasteiger partial charge on any atom is 0.382 e. The van der Waals surface area contributed by atoms with Gasteiger partial charge in [-0.25, -0.2) is 9.59 Å². The second kappa shape index (κ2) is 10.3. The first-order valence-corrected chi connectivity index (χ1v) is 6.06. The number of carbonyl (C=O) groups is 4. The minimum Gasteiger partial charge on any atom is -0.396 e. The molecule has 7 heteroatoms. The second-order valence-corrected chi connectivity index (χ2v) is 3.88. The van der Waals surface area contributed by atoms with Crippen molar-refractivity contribution >= 4 is 23.5 Å². The standard InChI is InChI=1S/C12H18O7/c13-7-3-1-5-9(15)11(17)19-12(18)10(16)6-2-4-8-14/h13-14H,1-8H2. The van der Waals surface area contributed by atoms with E-state index in [2.05, 4.69) is 4.74 Å². The summed E-state index contributed by atoms with van der Waals surface area (Å²) in [5.74, 6) is -4.49. The molecule has 0 bridgehead atoms. The third-order valence-electron chi connectivity index (χ3n) is 2.26. The second-order valence-electron chi connectivity index (χ2n) is 3.88. The smallest absolute Gasteiger partial charge is 0.382 e. The van der Waals surface area contributed by atoms with Gasteiger partial charge in [0.05, 0.1) is 0 Å². The van der Waals surface area contributed by atoms with E-state index in [1.54, 1.807) is 0 Å². The van der Waals surface area contributed by atoms with Gasteiger partial charge in [0.2, 0.25) is 11.6 Å². The van der Waals surface area contributed by atoms with E-state index in [-0.39, 0.29) is 26.1 Å². The summed E-state index contributed by atoms with van der Waals surface area (Å²) in [5, 5.41) is 17.0. The fraction of sp³-hybridized carbons (Fsp3) is 0.667. The van der Waals surface area contributed by atoms with E-state index < -0.39 is 23.5 Å². The number of aliphatic hydroxyl groups excluding tert-OH is 2. The Morgan fingerprint density at radius 2 is 1.05 bits per heavy atom. The zero-order valence-corrected chi connectivity index (χ0v) is 10.6. The first-order valence-electron chi connectivity index (χ1n) is 6.06. The number of esters is 2. The SMILES string of the molecule is O=C(CCCCO)C(=O)OC(=O)C(=O)CCCCO. The van der Waals surface area contributed by atoms with Gasteiger partial charge in [0.1, 0.15) is 0 Å². The Hall–Kier alpha value is -1.60. The van der Waals surface area contributed by atoms with Gasteiger partial charge >= 0.3 is 11.9 Å². The summed E-state index contributed by atoms with van der Waals surface area (Å²) in [4.78, 5) is 44.6. The molecule has 7 nitrogen and oxygen atoms in total. The molecule has 0 saturated heterocycles. The average Bonchev–Trinajstić information content (AvgIpc) is 2.38. The Labute approximate surface area is 110 Å². The van der Waals surface area contributed by atoms with Gasteiger partial charge in [0, 0.05) is 26.1 Å². The molecule has 0 spiro atoms. The molecule has 0 aromatic carbocycles. The van der Waals surface area contributed by atoms with Crippen molar-refractivity contribution in [3.05, 3.63) is 0 Å².